The molecule has 5 nitrogen and oxygen atoms in total. The topological polar surface area (TPSA) is 63.7 Å². The summed E-state index contributed by atoms with van der Waals surface area (Å²) in [4.78, 5) is 39.8. The third-order valence-electron chi connectivity index (χ3n) is 5.63. The van der Waals surface area contributed by atoms with Crippen molar-refractivity contribution in [3.8, 4) is 5.75 Å². The number of carbonyl (C=O) groups excluding carboxylic acids is 3. The zero-order valence-corrected chi connectivity index (χ0v) is 20.9. The number of halogens is 2. The van der Waals surface area contributed by atoms with Crippen molar-refractivity contribution in [1.82, 2.24) is 4.90 Å². The van der Waals surface area contributed by atoms with Crippen molar-refractivity contribution in [2.45, 2.75) is 6.54 Å². The van der Waals surface area contributed by atoms with E-state index in [0.717, 1.165) is 27.4 Å². The number of amides is 2. The minimum atomic E-state index is -0.485. The number of benzene rings is 4. The Hall–Kier alpha value is -3.58. The molecule has 1 fully saturated rings. The summed E-state index contributed by atoms with van der Waals surface area (Å²) in [5.41, 5.74) is 1.57. The highest BCUT2D eigenvalue weighted by molar-refractivity contribution is 8.18. The molecule has 0 atom stereocenters. The maximum absolute atomic E-state index is 13.0. The van der Waals surface area contributed by atoms with E-state index in [1.54, 1.807) is 60.7 Å². The van der Waals surface area contributed by atoms with E-state index < -0.39 is 17.1 Å². The van der Waals surface area contributed by atoms with E-state index in [4.69, 9.17) is 27.9 Å². The Labute approximate surface area is 221 Å². The zero-order chi connectivity index (χ0) is 25.2. The molecule has 8 heteroatoms. The van der Waals surface area contributed by atoms with Crippen molar-refractivity contribution in [2.75, 3.05) is 0 Å². The van der Waals surface area contributed by atoms with E-state index in [-0.39, 0.29) is 11.4 Å². The molecule has 0 aliphatic carbocycles. The maximum Gasteiger partial charge on any atom is 0.344 e. The number of hydrogen-bond donors (Lipinski definition) is 0. The van der Waals surface area contributed by atoms with E-state index in [1.165, 1.54) is 0 Å². The quantitative estimate of drug-likeness (QED) is 0.150. The van der Waals surface area contributed by atoms with E-state index in [2.05, 4.69) is 0 Å². The fourth-order valence-electron chi connectivity index (χ4n) is 3.86. The van der Waals surface area contributed by atoms with Gasteiger partial charge in [0.15, 0.2) is 0 Å². The molecule has 0 unspecified atom stereocenters. The largest absolute Gasteiger partial charge is 0.423 e. The lowest BCUT2D eigenvalue weighted by atomic mass is 10.0. The molecule has 1 saturated heterocycles. The number of fused-ring (bicyclic) bond motifs is 1. The summed E-state index contributed by atoms with van der Waals surface area (Å²) in [6, 6.07) is 24.8. The van der Waals surface area contributed by atoms with Gasteiger partial charge in [-0.2, -0.15) is 0 Å². The minimum Gasteiger partial charge on any atom is -0.423 e. The number of rotatable bonds is 5. The molecule has 5 rings (SSSR count). The fraction of sp³-hybridized carbons (Fsp3) is 0.0357. The van der Waals surface area contributed by atoms with Crippen LogP contribution in [0.1, 0.15) is 21.5 Å². The van der Waals surface area contributed by atoms with E-state index >= 15 is 0 Å². The van der Waals surface area contributed by atoms with Gasteiger partial charge in [-0.15, -0.1) is 0 Å². The Bertz CT molecular complexity index is 1540. The van der Waals surface area contributed by atoms with Crippen LogP contribution in [0.15, 0.2) is 89.8 Å². The van der Waals surface area contributed by atoms with Crippen LogP contribution in [0.5, 0.6) is 5.75 Å². The normalized spacial score (nSPS) is 14.6. The first-order chi connectivity index (χ1) is 17.4. The predicted molar refractivity (Wildman–Crippen MR) is 143 cm³/mol. The Kier molecular flexibility index (Phi) is 6.83. The number of carbonyl (C=O) groups is 3. The van der Waals surface area contributed by atoms with E-state index in [9.17, 15) is 14.4 Å². The van der Waals surface area contributed by atoms with Gasteiger partial charge in [0.1, 0.15) is 5.75 Å². The second-order valence-corrected chi connectivity index (χ2v) is 9.76. The molecule has 0 aromatic heterocycles. The zero-order valence-electron chi connectivity index (χ0n) is 18.6. The average Bonchev–Trinajstić information content (AvgIpc) is 3.13. The van der Waals surface area contributed by atoms with Crippen molar-refractivity contribution in [3.63, 3.8) is 0 Å². The first-order valence-corrected chi connectivity index (χ1v) is 12.5. The van der Waals surface area contributed by atoms with Crippen LogP contribution in [0.2, 0.25) is 10.0 Å². The number of imide groups is 1. The number of ether oxygens (including phenoxy) is 1. The van der Waals surface area contributed by atoms with Gasteiger partial charge in [0, 0.05) is 15.6 Å². The van der Waals surface area contributed by atoms with Crippen LogP contribution in [0.3, 0.4) is 0 Å². The monoisotopic (exact) mass is 533 g/mol. The lowest BCUT2D eigenvalue weighted by Crippen LogP contribution is -2.27. The summed E-state index contributed by atoms with van der Waals surface area (Å²) in [5.74, 6) is -0.608. The molecule has 1 heterocycles. The third-order valence-corrected chi connectivity index (χ3v) is 7.24. The number of hydrogen-bond acceptors (Lipinski definition) is 5. The van der Waals surface area contributed by atoms with Crippen LogP contribution in [0.25, 0.3) is 16.8 Å². The fourth-order valence-corrected chi connectivity index (χ4v) is 5.22. The number of esters is 1. The molecular weight excluding hydrogens is 517 g/mol. The Morgan fingerprint density at radius 3 is 2.39 bits per heavy atom. The predicted octanol–water partition coefficient (Wildman–Crippen LogP) is 7.60. The van der Waals surface area contributed by atoms with Crippen LogP contribution in [0.4, 0.5) is 4.79 Å². The van der Waals surface area contributed by atoms with E-state index in [1.807, 2.05) is 30.3 Å². The van der Waals surface area contributed by atoms with Crippen LogP contribution < -0.4 is 4.74 Å². The first-order valence-electron chi connectivity index (χ1n) is 10.9. The summed E-state index contributed by atoms with van der Waals surface area (Å²) < 4.78 is 5.62. The molecule has 4 aromatic rings. The van der Waals surface area contributed by atoms with Crippen molar-refractivity contribution in [2.24, 2.45) is 0 Å². The Morgan fingerprint density at radius 1 is 0.889 bits per heavy atom. The standard InChI is InChI=1S/C28H17Cl2NO4S/c29-23-12-5-13-24(30)22(23)16-31-26(32)25(36-28(31)34)15-17-6-3-9-19(14-17)35-27(33)21-11-4-8-18-7-1-2-10-20(18)21/h1-15H,16H2/b25-15-. The molecule has 0 radical (unpaired) electrons. The molecular formula is C28H17Cl2NO4S. The molecule has 0 N–H and O–H groups in total. The summed E-state index contributed by atoms with van der Waals surface area (Å²) >= 11 is 13.2. The molecule has 178 valence electrons. The van der Waals surface area contributed by atoms with Gasteiger partial charge in [0.05, 0.1) is 17.0 Å². The van der Waals surface area contributed by atoms with Crippen LogP contribution in [0, 0.1) is 0 Å². The minimum absolute atomic E-state index is 0.0246. The van der Waals surface area contributed by atoms with Gasteiger partial charge in [-0.3, -0.25) is 14.5 Å². The molecule has 0 bridgehead atoms. The highest BCUT2D eigenvalue weighted by Gasteiger charge is 2.35. The number of thioether (sulfide) groups is 1. The summed E-state index contributed by atoms with van der Waals surface area (Å²) in [6.45, 7) is -0.0246. The van der Waals surface area contributed by atoms with Crippen molar-refractivity contribution >= 4 is 68.9 Å². The molecule has 0 saturated carbocycles. The molecule has 4 aromatic carbocycles. The van der Waals surface area contributed by atoms with Gasteiger partial charge < -0.3 is 4.74 Å². The summed E-state index contributed by atoms with van der Waals surface area (Å²) in [5, 5.41) is 2.08. The molecule has 36 heavy (non-hydrogen) atoms. The van der Waals surface area contributed by atoms with Crippen LogP contribution in [-0.2, 0) is 11.3 Å². The second kappa shape index (κ2) is 10.2. The van der Waals surface area contributed by atoms with Crippen molar-refractivity contribution < 1.29 is 19.1 Å². The SMILES string of the molecule is O=C(Oc1cccc(/C=C2\SC(=O)N(Cc3c(Cl)cccc3Cl)C2=O)c1)c1cccc2ccccc12. The molecule has 2 amide bonds. The third kappa shape index (κ3) is 4.88. The van der Waals surface area contributed by atoms with Gasteiger partial charge >= 0.3 is 5.97 Å². The summed E-state index contributed by atoms with van der Waals surface area (Å²) in [7, 11) is 0. The highest BCUT2D eigenvalue weighted by Crippen LogP contribution is 2.36. The number of nitrogens with zero attached hydrogens (tertiary/aromatic N) is 1. The van der Waals surface area contributed by atoms with Gasteiger partial charge in [-0.1, -0.05) is 77.8 Å². The van der Waals surface area contributed by atoms with Gasteiger partial charge in [0.25, 0.3) is 11.1 Å². The van der Waals surface area contributed by atoms with E-state index in [0.29, 0.717) is 32.5 Å². The Balaban J connectivity index is 1.35. The molecule has 1 aliphatic rings. The van der Waals surface area contributed by atoms with Gasteiger partial charge in [-0.05, 0) is 64.5 Å². The Morgan fingerprint density at radius 2 is 1.58 bits per heavy atom. The first kappa shape index (κ1) is 24.1. The molecule has 1 aliphatic heterocycles. The van der Waals surface area contributed by atoms with Gasteiger partial charge in [0.2, 0.25) is 0 Å². The lowest BCUT2D eigenvalue weighted by Gasteiger charge is -2.14. The summed E-state index contributed by atoms with van der Waals surface area (Å²) in [6.07, 6.45) is 1.59. The van der Waals surface area contributed by atoms with Crippen molar-refractivity contribution in [3.05, 3.63) is 117 Å². The molecule has 0 spiro atoms. The van der Waals surface area contributed by atoms with Crippen LogP contribution >= 0.6 is 35.0 Å². The maximum atomic E-state index is 13.0. The van der Waals surface area contributed by atoms with Crippen molar-refractivity contribution in [1.29, 1.82) is 0 Å². The second-order valence-electron chi connectivity index (χ2n) is 7.96. The lowest BCUT2D eigenvalue weighted by molar-refractivity contribution is -0.123. The highest BCUT2D eigenvalue weighted by atomic mass is 35.5. The van der Waals surface area contributed by atoms with Gasteiger partial charge in [-0.25, -0.2) is 4.79 Å². The smallest absolute Gasteiger partial charge is 0.344 e. The average molecular weight is 534 g/mol. The van der Waals surface area contributed by atoms with Crippen LogP contribution in [-0.4, -0.2) is 22.0 Å².